The molecule has 0 spiro atoms. The van der Waals surface area contributed by atoms with Crippen LogP contribution in [-0.2, 0) is 11.3 Å². The Bertz CT molecular complexity index is 609. The summed E-state index contributed by atoms with van der Waals surface area (Å²) in [7, 11) is 1.69. The minimum Gasteiger partial charge on any atom is -0.385 e. The first kappa shape index (κ1) is 28.5. The molecule has 8 nitrogen and oxygen atoms in total. The van der Waals surface area contributed by atoms with E-state index in [2.05, 4.69) is 41.3 Å². The summed E-state index contributed by atoms with van der Waals surface area (Å²) in [5.41, 5.74) is 1.03. The van der Waals surface area contributed by atoms with Gasteiger partial charge in [0.2, 0.25) is 0 Å². The van der Waals surface area contributed by atoms with Crippen molar-refractivity contribution in [3.8, 4) is 0 Å². The zero-order chi connectivity index (χ0) is 21.5. The first-order valence-corrected chi connectivity index (χ1v) is 10.5. The first-order valence-electron chi connectivity index (χ1n) is 10.5. The van der Waals surface area contributed by atoms with Gasteiger partial charge in [0.05, 0.1) is 11.5 Å². The molecule has 0 saturated heterocycles. The molecule has 0 saturated carbocycles. The van der Waals surface area contributed by atoms with Crippen LogP contribution in [0.1, 0.15) is 45.6 Å². The van der Waals surface area contributed by atoms with Gasteiger partial charge in [-0.25, -0.2) is 4.99 Å². The largest absolute Gasteiger partial charge is 0.385 e. The van der Waals surface area contributed by atoms with Gasteiger partial charge in [0.15, 0.2) is 5.96 Å². The van der Waals surface area contributed by atoms with Gasteiger partial charge in [0.25, 0.3) is 5.69 Å². The van der Waals surface area contributed by atoms with Crippen LogP contribution in [-0.4, -0.2) is 61.7 Å². The van der Waals surface area contributed by atoms with Gasteiger partial charge < -0.3 is 20.3 Å². The molecule has 172 valence electrons. The minimum atomic E-state index is -0.392. The van der Waals surface area contributed by atoms with Gasteiger partial charge in [-0.1, -0.05) is 26.0 Å². The predicted octanol–water partition coefficient (Wildman–Crippen LogP) is 3.80. The monoisotopic (exact) mass is 535 g/mol. The third-order valence-electron chi connectivity index (χ3n) is 4.77. The lowest BCUT2D eigenvalue weighted by molar-refractivity contribution is -0.384. The number of hydrogen-bond donors (Lipinski definition) is 2. The quantitative estimate of drug-likeness (QED) is 0.0941. The van der Waals surface area contributed by atoms with E-state index < -0.39 is 4.92 Å². The maximum Gasteiger partial charge on any atom is 0.269 e. The van der Waals surface area contributed by atoms with E-state index in [9.17, 15) is 10.1 Å². The van der Waals surface area contributed by atoms with Gasteiger partial charge in [0, 0.05) is 38.4 Å². The lowest BCUT2D eigenvalue weighted by atomic mass is 10.2. The van der Waals surface area contributed by atoms with E-state index in [0.29, 0.717) is 19.2 Å². The van der Waals surface area contributed by atoms with Crippen molar-refractivity contribution in [1.29, 1.82) is 0 Å². The molecule has 1 aromatic rings. The molecular weight excluding hydrogens is 497 g/mol. The Morgan fingerprint density at radius 3 is 2.47 bits per heavy atom. The van der Waals surface area contributed by atoms with Crippen molar-refractivity contribution in [2.75, 3.05) is 39.9 Å². The molecule has 0 fully saturated rings. The Kier molecular flexibility index (Phi) is 16.4. The number of ether oxygens (including phenoxy) is 1. The number of guanidine groups is 1. The molecule has 1 atom stereocenters. The SMILES string of the molecule is CCN(CC)CCCC(C)NC(=NCc1ccc([N+](=O)[O-])cc1)NCCCOC.I. The van der Waals surface area contributed by atoms with Crippen LogP contribution in [0.3, 0.4) is 0 Å². The number of nitro benzene ring substituents is 1. The molecule has 0 aliphatic rings. The number of methoxy groups -OCH3 is 1. The van der Waals surface area contributed by atoms with E-state index in [-0.39, 0.29) is 29.7 Å². The fraction of sp³-hybridized carbons (Fsp3) is 0.667. The van der Waals surface area contributed by atoms with Crippen molar-refractivity contribution in [1.82, 2.24) is 15.5 Å². The highest BCUT2D eigenvalue weighted by molar-refractivity contribution is 14.0. The van der Waals surface area contributed by atoms with Crippen LogP contribution in [0.4, 0.5) is 5.69 Å². The van der Waals surface area contributed by atoms with E-state index in [1.807, 2.05) is 0 Å². The second-order valence-corrected chi connectivity index (χ2v) is 7.08. The normalized spacial score (nSPS) is 12.4. The van der Waals surface area contributed by atoms with Crippen LogP contribution in [0.25, 0.3) is 0 Å². The highest BCUT2D eigenvalue weighted by Crippen LogP contribution is 2.12. The molecule has 0 aliphatic heterocycles. The van der Waals surface area contributed by atoms with Crippen LogP contribution >= 0.6 is 24.0 Å². The first-order chi connectivity index (χ1) is 14.0. The van der Waals surface area contributed by atoms with Crippen molar-refractivity contribution in [2.24, 2.45) is 4.99 Å². The minimum absolute atomic E-state index is 0. The smallest absolute Gasteiger partial charge is 0.269 e. The molecule has 0 aromatic heterocycles. The van der Waals surface area contributed by atoms with Crippen LogP contribution < -0.4 is 10.6 Å². The van der Waals surface area contributed by atoms with E-state index in [1.165, 1.54) is 12.1 Å². The Hall–Kier alpha value is -1.46. The number of aliphatic imine (C=N–C) groups is 1. The zero-order valence-corrected chi connectivity index (χ0v) is 21.1. The molecule has 30 heavy (non-hydrogen) atoms. The molecule has 1 aromatic carbocycles. The summed E-state index contributed by atoms with van der Waals surface area (Å²) in [5, 5.41) is 17.6. The van der Waals surface area contributed by atoms with Gasteiger partial charge >= 0.3 is 0 Å². The summed E-state index contributed by atoms with van der Waals surface area (Å²) >= 11 is 0. The van der Waals surface area contributed by atoms with Crippen LogP contribution in [0.15, 0.2) is 29.3 Å². The van der Waals surface area contributed by atoms with E-state index in [0.717, 1.165) is 57.0 Å². The summed E-state index contributed by atoms with van der Waals surface area (Å²) in [4.78, 5) is 17.5. The Morgan fingerprint density at radius 1 is 1.23 bits per heavy atom. The van der Waals surface area contributed by atoms with Crippen LogP contribution in [0.2, 0.25) is 0 Å². The number of non-ortho nitro benzene ring substituents is 1. The maximum absolute atomic E-state index is 10.8. The summed E-state index contributed by atoms with van der Waals surface area (Å²) in [6.07, 6.45) is 3.09. The predicted molar refractivity (Wildman–Crippen MR) is 134 cm³/mol. The van der Waals surface area contributed by atoms with Crippen molar-refractivity contribution >= 4 is 35.6 Å². The van der Waals surface area contributed by atoms with Crippen molar-refractivity contribution in [2.45, 2.75) is 52.6 Å². The van der Waals surface area contributed by atoms with E-state index in [4.69, 9.17) is 4.74 Å². The average Bonchev–Trinajstić information content (AvgIpc) is 2.72. The fourth-order valence-electron chi connectivity index (χ4n) is 2.94. The summed E-state index contributed by atoms with van der Waals surface area (Å²) in [6, 6.07) is 6.82. The van der Waals surface area contributed by atoms with Crippen molar-refractivity contribution < 1.29 is 9.66 Å². The third kappa shape index (κ3) is 12.3. The number of rotatable bonds is 14. The number of benzene rings is 1. The van der Waals surface area contributed by atoms with Gasteiger partial charge in [-0.15, -0.1) is 24.0 Å². The second kappa shape index (κ2) is 17.2. The van der Waals surface area contributed by atoms with Gasteiger partial charge in [-0.2, -0.15) is 0 Å². The standard InChI is InChI=1S/C21H37N5O3.HI/c1-5-25(6-2)15-7-9-18(3)24-21(22-14-8-16-29-4)23-17-19-10-12-20(13-11-19)26(27)28;/h10-13,18H,5-9,14-17H2,1-4H3,(H2,22,23,24);1H. The van der Waals surface area contributed by atoms with Gasteiger partial charge in [0.1, 0.15) is 0 Å². The Balaban J connectivity index is 0.00000841. The van der Waals surface area contributed by atoms with E-state index in [1.54, 1.807) is 19.2 Å². The lowest BCUT2D eigenvalue weighted by Crippen LogP contribution is -2.43. The molecule has 0 bridgehead atoms. The average molecular weight is 535 g/mol. The van der Waals surface area contributed by atoms with Crippen LogP contribution in [0.5, 0.6) is 0 Å². The number of hydrogen-bond acceptors (Lipinski definition) is 5. The molecule has 1 unspecified atom stereocenters. The Labute approximate surface area is 198 Å². The lowest BCUT2D eigenvalue weighted by Gasteiger charge is -2.21. The maximum atomic E-state index is 10.8. The molecule has 2 N–H and O–H groups in total. The molecular formula is C21H38IN5O3. The topological polar surface area (TPSA) is 92.0 Å². The second-order valence-electron chi connectivity index (χ2n) is 7.08. The number of halogens is 1. The highest BCUT2D eigenvalue weighted by atomic mass is 127. The third-order valence-corrected chi connectivity index (χ3v) is 4.77. The molecule has 0 heterocycles. The summed E-state index contributed by atoms with van der Waals surface area (Å²) in [6.45, 7) is 11.8. The molecule has 0 radical (unpaired) electrons. The summed E-state index contributed by atoms with van der Waals surface area (Å²) < 4.78 is 5.10. The zero-order valence-electron chi connectivity index (χ0n) is 18.7. The Morgan fingerprint density at radius 2 is 1.90 bits per heavy atom. The fourth-order valence-corrected chi connectivity index (χ4v) is 2.94. The number of nitrogens with zero attached hydrogens (tertiary/aromatic N) is 3. The van der Waals surface area contributed by atoms with Gasteiger partial charge in [-0.3, -0.25) is 10.1 Å². The highest BCUT2D eigenvalue weighted by Gasteiger charge is 2.08. The van der Waals surface area contributed by atoms with Crippen molar-refractivity contribution in [3.05, 3.63) is 39.9 Å². The van der Waals surface area contributed by atoms with Crippen LogP contribution in [0, 0.1) is 10.1 Å². The molecule has 0 amide bonds. The number of nitrogens with one attached hydrogen (secondary N) is 2. The molecule has 9 heteroatoms. The molecule has 1 rings (SSSR count). The summed E-state index contributed by atoms with van der Waals surface area (Å²) in [5.74, 6) is 0.759. The van der Waals surface area contributed by atoms with E-state index >= 15 is 0 Å². The van der Waals surface area contributed by atoms with Gasteiger partial charge in [-0.05, 0) is 51.4 Å². The number of nitro groups is 1. The molecule has 0 aliphatic carbocycles. The van der Waals surface area contributed by atoms with Crippen molar-refractivity contribution in [3.63, 3.8) is 0 Å².